The molecule has 0 amide bonds. The van der Waals surface area contributed by atoms with Crippen LogP contribution >= 0.6 is 0 Å². The van der Waals surface area contributed by atoms with Gasteiger partial charge in [-0.1, -0.05) is 29.9 Å². The SMILES string of the molecule is C/C=C\N=C1C=CC=CC1=C(C)C. The van der Waals surface area contributed by atoms with Crippen LogP contribution in [-0.2, 0) is 0 Å². The second-order valence-corrected chi connectivity index (χ2v) is 3.13. The molecule has 1 nitrogen and oxygen atoms in total. The summed E-state index contributed by atoms with van der Waals surface area (Å²) in [5.74, 6) is 0. The smallest absolute Gasteiger partial charge is 0.0701 e. The fourth-order valence-corrected chi connectivity index (χ4v) is 1.16. The Kier molecular flexibility index (Phi) is 3.44. The van der Waals surface area contributed by atoms with E-state index in [1.54, 1.807) is 0 Å². The van der Waals surface area contributed by atoms with Crippen LogP contribution in [0.4, 0.5) is 0 Å². The Balaban J connectivity index is 3.03. The van der Waals surface area contributed by atoms with Crippen molar-refractivity contribution in [3.8, 4) is 0 Å². The molecule has 0 heterocycles. The van der Waals surface area contributed by atoms with Gasteiger partial charge in [-0.05, 0) is 32.4 Å². The van der Waals surface area contributed by atoms with Crippen molar-refractivity contribution in [3.63, 3.8) is 0 Å². The molecule has 0 spiro atoms. The molecule has 0 unspecified atom stereocenters. The van der Waals surface area contributed by atoms with Gasteiger partial charge in [0.05, 0.1) is 5.71 Å². The Morgan fingerprint density at radius 3 is 2.54 bits per heavy atom. The lowest BCUT2D eigenvalue weighted by Crippen LogP contribution is -2.01. The van der Waals surface area contributed by atoms with Crippen LogP contribution in [0.1, 0.15) is 20.8 Å². The van der Waals surface area contributed by atoms with E-state index in [0.29, 0.717) is 0 Å². The second-order valence-electron chi connectivity index (χ2n) is 3.13. The average Bonchev–Trinajstić information content (AvgIpc) is 2.15. The maximum Gasteiger partial charge on any atom is 0.0701 e. The van der Waals surface area contributed by atoms with Crippen molar-refractivity contribution in [2.24, 2.45) is 4.99 Å². The van der Waals surface area contributed by atoms with Gasteiger partial charge in [-0.25, -0.2) is 0 Å². The van der Waals surface area contributed by atoms with Gasteiger partial charge < -0.3 is 0 Å². The zero-order valence-corrected chi connectivity index (χ0v) is 8.41. The van der Waals surface area contributed by atoms with Crippen LogP contribution in [0.5, 0.6) is 0 Å². The number of hydrogen-bond acceptors (Lipinski definition) is 1. The monoisotopic (exact) mass is 173 g/mol. The molecule has 0 aromatic rings. The van der Waals surface area contributed by atoms with Gasteiger partial charge in [-0.2, -0.15) is 0 Å². The van der Waals surface area contributed by atoms with Crippen LogP contribution in [-0.4, -0.2) is 5.71 Å². The number of allylic oxidation sites excluding steroid dienone is 7. The number of aliphatic imine (C=N–C) groups is 1. The molecule has 13 heavy (non-hydrogen) atoms. The van der Waals surface area contributed by atoms with E-state index in [1.165, 1.54) is 11.1 Å². The van der Waals surface area contributed by atoms with E-state index in [4.69, 9.17) is 0 Å². The molecule has 1 heteroatoms. The van der Waals surface area contributed by atoms with E-state index in [2.05, 4.69) is 24.9 Å². The third kappa shape index (κ3) is 2.55. The quantitative estimate of drug-likeness (QED) is 0.576. The van der Waals surface area contributed by atoms with E-state index in [1.807, 2.05) is 37.4 Å². The summed E-state index contributed by atoms with van der Waals surface area (Å²) in [6, 6.07) is 0. The van der Waals surface area contributed by atoms with Crippen molar-refractivity contribution in [2.45, 2.75) is 20.8 Å². The molecule has 0 N–H and O–H groups in total. The standard InChI is InChI=1S/C12H15N/c1-4-9-13-12-8-6-5-7-11(12)10(2)3/h4-9H,1-3H3/b9-4-,13-12?. The number of nitrogens with zero attached hydrogens (tertiary/aromatic N) is 1. The summed E-state index contributed by atoms with van der Waals surface area (Å²) in [6.07, 6.45) is 11.9. The first-order chi connectivity index (χ1) is 6.25. The Morgan fingerprint density at radius 2 is 1.92 bits per heavy atom. The Morgan fingerprint density at radius 1 is 1.23 bits per heavy atom. The maximum atomic E-state index is 4.34. The minimum atomic E-state index is 1.04. The lowest BCUT2D eigenvalue weighted by atomic mass is 10.0. The van der Waals surface area contributed by atoms with E-state index in [-0.39, 0.29) is 0 Å². The van der Waals surface area contributed by atoms with Crippen LogP contribution in [0.25, 0.3) is 0 Å². The molecule has 0 atom stereocenters. The van der Waals surface area contributed by atoms with Crippen LogP contribution < -0.4 is 0 Å². The van der Waals surface area contributed by atoms with Gasteiger partial charge in [0.2, 0.25) is 0 Å². The molecule has 0 saturated carbocycles. The lowest BCUT2D eigenvalue weighted by molar-refractivity contribution is 1.35. The van der Waals surface area contributed by atoms with Crippen molar-refractivity contribution in [1.29, 1.82) is 0 Å². The van der Waals surface area contributed by atoms with Crippen LogP contribution in [0.3, 0.4) is 0 Å². The highest BCUT2D eigenvalue weighted by Gasteiger charge is 2.03. The largest absolute Gasteiger partial charge is 0.257 e. The van der Waals surface area contributed by atoms with Gasteiger partial charge >= 0.3 is 0 Å². The van der Waals surface area contributed by atoms with E-state index >= 15 is 0 Å². The summed E-state index contributed by atoms with van der Waals surface area (Å²) in [6.45, 7) is 6.17. The zero-order chi connectivity index (χ0) is 9.68. The Bertz CT molecular complexity index is 321. The van der Waals surface area contributed by atoms with Gasteiger partial charge in [0.25, 0.3) is 0 Å². The van der Waals surface area contributed by atoms with E-state index < -0.39 is 0 Å². The van der Waals surface area contributed by atoms with Crippen molar-refractivity contribution in [2.75, 3.05) is 0 Å². The predicted octanol–water partition coefficient (Wildman–Crippen LogP) is 3.42. The molecule has 0 radical (unpaired) electrons. The van der Waals surface area contributed by atoms with Crippen molar-refractivity contribution >= 4 is 5.71 Å². The first-order valence-corrected chi connectivity index (χ1v) is 4.47. The van der Waals surface area contributed by atoms with Gasteiger partial charge in [-0.3, -0.25) is 4.99 Å². The summed E-state index contributed by atoms with van der Waals surface area (Å²) in [5.41, 5.74) is 3.56. The fourth-order valence-electron chi connectivity index (χ4n) is 1.16. The molecule has 1 aliphatic rings. The van der Waals surface area contributed by atoms with Crippen molar-refractivity contribution in [1.82, 2.24) is 0 Å². The molecule has 1 aliphatic carbocycles. The van der Waals surface area contributed by atoms with E-state index in [9.17, 15) is 0 Å². The summed E-state index contributed by atoms with van der Waals surface area (Å²) >= 11 is 0. The first-order valence-electron chi connectivity index (χ1n) is 4.47. The predicted molar refractivity (Wildman–Crippen MR) is 58.9 cm³/mol. The van der Waals surface area contributed by atoms with Crippen LogP contribution in [0.2, 0.25) is 0 Å². The van der Waals surface area contributed by atoms with Crippen molar-refractivity contribution in [3.05, 3.63) is 47.7 Å². The summed E-state index contributed by atoms with van der Waals surface area (Å²) in [5, 5.41) is 0. The molecule has 0 saturated heterocycles. The molecule has 0 fully saturated rings. The summed E-state index contributed by atoms with van der Waals surface area (Å²) < 4.78 is 0. The number of hydrogen-bond donors (Lipinski definition) is 0. The molecular formula is C12H15N. The molecule has 0 bridgehead atoms. The average molecular weight is 173 g/mol. The minimum Gasteiger partial charge on any atom is -0.257 e. The van der Waals surface area contributed by atoms with Gasteiger partial charge in [0.15, 0.2) is 0 Å². The zero-order valence-electron chi connectivity index (χ0n) is 8.41. The Labute approximate surface area is 79.9 Å². The molecule has 1 rings (SSSR count). The summed E-state index contributed by atoms with van der Waals surface area (Å²) in [4.78, 5) is 4.34. The molecule has 68 valence electrons. The maximum absolute atomic E-state index is 4.34. The topological polar surface area (TPSA) is 12.4 Å². The van der Waals surface area contributed by atoms with Crippen LogP contribution in [0.15, 0.2) is 52.7 Å². The third-order valence-electron chi connectivity index (χ3n) is 1.81. The third-order valence-corrected chi connectivity index (χ3v) is 1.81. The highest BCUT2D eigenvalue weighted by atomic mass is 14.7. The van der Waals surface area contributed by atoms with E-state index in [0.717, 1.165) is 5.71 Å². The fraction of sp³-hybridized carbons (Fsp3) is 0.250. The highest BCUT2D eigenvalue weighted by Crippen LogP contribution is 2.13. The van der Waals surface area contributed by atoms with Gasteiger partial charge in [0.1, 0.15) is 0 Å². The normalized spacial score (nSPS) is 19.0. The molecule has 0 aromatic heterocycles. The lowest BCUT2D eigenvalue weighted by Gasteiger charge is -2.07. The molecular weight excluding hydrogens is 158 g/mol. The van der Waals surface area contributed by atoms with Crippen LogP contribution in [0, 0.1) is 0 Å². The Hall–Kier alpha value is -1.37. The highest BCUT2D eigenvalue weighted by molar-refractivity contribution is 6.12. The summed E-state index contributed by atoms with van der Waals surface area (Å²) in [7, 11) is 0. The second kappa shape index (κ2) is 4.61. The molecule has 0 aliphatic heterocycles. The number of rotatable bonds is 1. The first kappa shape index (κ1) is 9.72. The van der Waals surface area contributed by atoms with Gasteiger partial charge in [0, 0.05) is 6.20 Å². The van der Waals surface area contributed by atoms with Crippen molar-refractivity contribution < 1.29 is 0 Å². The van der Waals surface area contributed by atoms with Gasteiger partial charge in [-0.15, -0.1) is 0 Å². The minimum absolute atomic E-state index is 1.04. The molecule has 0 aromatic carbocycles.